The van der Waals surface area contributed by atoms with Gasteiger partial charge in [0.15, 0.2) is 0 Å². The van der Waals surface area contributed by atoms with Crippen LogP contribution in [-0.2, 0) is 13.0 Å². The van der Waals surface area contributed by atoms with E-state index in [1.807, 2.05) is 23.5 Å². The van der Waals surface area contributed by atoms with E-state index in [0.717, 1.165) is 32.0 Å². The summed E-state index contributed by atoms with van der Waals surface area (Å²) in [4.78, 5) is 10.8. The van der Waals surface area contributed by atoms with Gasteiger partial charge in [-0.2, -0.15) is 5.26 Å². The molecule has 0 aliphatic carbocycles. The highest BCUT2D eigenvalue weighted by atomic mass is 32.1. The molecular formula is C16H16N4S. The molecule has 1 fully saturated rings. The molecule has 5 heteroatoms. The summed E-state index contributed by atoms with van der Waals surface area (Å²) in [7, 11) is 0. The number of anilines is 1. The first kappa shape index (κ1) is 12.8. The van der Waals surface area contributed by atoms with Crippen LogP contribution in [0, 0.1) is 11.3 Å². The minimum atomic E-state index is 0.497. The molecule has 0 saturated carbocycles. The van der Waals surface area contributed by atoms with Gasteiger partial charge in [0.2, 0.25) is 0 Å². The summed E-state index contributed by atoms with van der Waals surface area (Å²) in [5, 5.41) is 11.1. The van der Waals surface area contributed by atoms with Gasteiger partial charge in [-0.15, -0.1) is 11.3 Å². The zero-order valence-corrected chi connectivity index (χ0v) is 12.5. The molecule has 4 heterocycles. The van der Waals surface area contributed by atoms with Gasteiger partial charge in [-0.25, -0.2) is 4.98 Å². The van der Waals surface area contributed by atoms with E-state index < -0.39 is 0 Å². The van der Waals surface area contributed by atoms with E-state index in [0.29, 0.717) is 11.7 Å². The molecule has 21 heavy (non-hydrogen) atoms. The van der Waals surface area contributed by atoms with Crippen LogP contribution in [0.1, 0.15) is 16.1 Å². The summed E-state index contributed by atoms with van der Waals surface area (Å²) in [5.41, 5.74) is 2.01. The minimum Gasteiger partial charge on any atom is -0.353 e. The lowest BCUT2D eigenvalue weighted by Gasteiger charge is -2.47. The van der Waals surface area contributed by atoms with Crippen LogP contribution in [0.15, 0.2) is 29.6 Å². The van der Waals surface area contributed by atoms with Crippen molar-refractivity contribution in [1.82, 2.24) is 9.88 Å². The normalized spacial score (nSPS) is 18.9. The molecule has 0 N–H and O–H groups in total. The quantitative estimate of drug-likeness (QED) is 0.852. The number of nitrogens with zero attached hydrogens (tertiary/aromatic N) is 4. The Bertz CT molecular complexity index is 696. The molecule has 4 nitrogen and oxygen atoms in total. The smallest absolute Gasteiger partial charge is 0.142 e. The Kier molecular flexibility index (Phi) is 3.13. The average molecular weight is 296 g/mol. The fraction of sp³-hybridized carbons (Fsp3) is 0.375. The molecule has 2 aromatic rings. The van der Waals surface area contributed by atoms with Crippen molar-refractivity contribution in [1.29, 1.82) is 5.26 Å². The van der Waals surface area contributed by atoms with Crippen molar-refractivity contribution >= 4 is 17.2 Å². The van der Waals surface area contributed by atoms with Gasteiger partial charge in [-0.3, -0.25) is 4.90 Å². The molecule has 1 saturated heterocycles. The van der Waals surface area contributed by atoms with Crippen molar-refractivity contribution in [2.45, 2.75) is 19.0 Å². The van der Waals surface area contributed by atoms with Crippen LogP contribution in [0.3, 0.4) is 0 Å². The van der Waals surface area contributed by atoms with E-state index in [4.69, 9.17) is 5.26 Å². The van der Waals surface area contributed by atoms with E-state index in [2.05, 4.69) is 32.3 Å². The van der Waals surface area contributed by atoms with Gasteiger partial charge in [0.25, 0.3) is 0 Å². The standard InChI is InChI=1S/C16H16N4S/c17-8-13-2-1-3-16(18-13)20-10-14(11-20)19-6-4-15-12(9-19)5-7-21-15/h1-3,5,7,14H,4,6,9-11H2. The molecule has 4 rings (SSSR count). The second-order valence-corrected chi connectivity index (χ2v) is 6.64. The van der Waals surface area contributed by atoms with Crippen LogP contribution >= 0.6 is 11.3 Å². The number of pyridine rings is 1. The van der Waals surface area contributed by atoms with Gasteiger partial charge < -0.3 is 4.90 Å². The topological polar surface area (TPSA) is 43.2 Å². The van der Waals surface area contributed by atoms with E-state index in [-0.39, 0.29) is 0 Å². The Labute approximate surface area is 128 Å². The lowest BCUT2D eigenvalue weighted by molar-refractivity contribution is 0.151. The molecule has 106 valence electrons. The Balaban J connectivity index is 1.40. The van der Waals surface area contributed by atoms with E-state index in [1.165, 1.54) is 12.0 Å². The highest BCUT2D eigenvalue weighted by molar-refractivity contribution is 7.10. The molecule has 0 aromatic carbocycles. The lowest BCUT2D eigenvalue weighted by Crippen LogP contribution is -2.60. The highest BCUT2D eigenvalue weighted by Crippen LogP contribution is 2.29. The third kappa shape index (κ3) is 2.31. The van der Waals surface area contributed by atoms with Gasteiger partial charge in [0.1, 0.15) is 17.6 Å². The molecule has 2 aliphatic rings. The Hall–Kier alpha value is -1.90. The van der Waals surface area contributed by atoms with Crippen LogP contribution in [-0.4, -0.2) is 35.6 Å². The third-order valence-electron chi connectivity index (χ3n) is 4.39. The average Bonchev–Trinajstić information content (AvgIpc) is 2.93. The molecule has 0 amide bonds. The fourth-order valence-corrected chi connectivity index (χ4v) is 4.01. The van der Waals surface area contributed by atoms with Gasteiger partial charge in [-0.1, -0.05) is 6.07 Å². The first-order chi connectivity index (χ1) is 10.3. The van der Waals surface area contributed by atoms with Crippen LogP contribution in [0.5, 0.6) is 0 Å². The summed E-state index contributed by atoms with van der Waals surface area (Å²) in [6, 6.07) is 10.6. The van der Waals surface area contributed by atoms with Crippen LogP contribution < -0.4 is 4.90 Å². The monoisotopic (exact) mass is 296 g/mol. The number of hydrogen-bond donors (Lipinski definition) is 0. The highest BCUT2D eigenvalue weighted by Gasteiger charge is 2.34. The summed E-state index contributed by atoms with van der Waals surface area (Å²) < 4.78 is 0. The van der Waals surface area contributed by atoms with Gasteiger partial charge in [0.05, 0.1) is 0 Å². The number of aromatic nitrogens is 1. The van der Waals surface area contributed by atoms with E-state index in [1.54, 1.807) is 10.9 Å². The van der Waals surface area contributed by atoms with Gasteiger partial charge in [0, 0.05) is 37.1 Å². The molecule has 0 spiro atoms. The maximum Gasteiger partial charge on any atom is 0.142 e. The van der Waals surface area contributed by atoms with Gasteiger partial charge >= 0.3 is 0 Å². The zero-order valence-electron chi connectivity index (χ0n) is 11.7. The zero-order chi connectivity index (χ0) is 14.2. The van der Waals surface area contributed by atoms with Crippen molar-refractivity contribution in [3.05, 3.63) is 45.8 Å². The van der Waals surface area contributed by atoms with E-state index in [9.17, 15) is 0 Å². The third-order valence-corrected chi connectivity index (χ3v) is 5.41. The molecule has 0 atom stereocenters. The summed E-state index contributed by atoms with van der Waals surface area (Å²) >= 11 is 1.89. The maximum absolute atomic E-state index is 8.92. The van der Waals surface area contributed by atoms with Crippen molar-refractivity contribution in [2.24, 2.45) is 0 Å². The first-order valence-corrected chi connectivity index (χ1v) is 8.13. The second-order valence-electron chi connectivity index (χ2n) is 5.64. The Morgan fingerprint density at radius 2 is 2.19 bits per heavy atom. The summed E-state index contributed by atoms with van der Waals surface area (Å²) in [6.45, 7) is 4.28. The number of thiophene rings is 1. The predicted molar refractivity (Wildman–Crippen MR) is 83.4 cm³/mol. The van der Waals surface area contributed by atoms with Crippen LogP contribution in [0.25, 0.3) is 0 Å². The molecule has 0 bridgehead atoms. The van der Waals surface area contributed by atoms with Crippen LogP contribution in [0.2, 0.25) is 0 Å². The number of hydrogen-bond acceptors (Lipinski definition) is 5. The fourth-order valence-electron chi connectivity index (χ4n) is 3.12. The molecule has 2 aromatic heterocycles. The molecule has 2 aliphatic heterocycles. The molecular weight excluding hydrogens is 280 g/mol. The SMILES string of the molecule is N#Cc1cccc(N2CC(N3CCc4sccc4C3)C2)n1. The van der Waals surface area contributed by atoms with Crippen molar-refractivity contribution in [3.63, 3.8) is 0 Å². The Morgan fingerprint density at radius 1 is 1.29 bits per heavy atom. The minimum absolute atomic E-state index is 0.497. The maximum atomic E-state index is 8.92. The van der Waals surface area contributed by atoms with Crippen molar-refractivity contribution in [2.75, 3.05) is 24.5 Å². The van der Waals surface area contributed by atoms with Crippen LogP contribution in [0.4, 0.5) is 5.82 Å². The number of fused-ring (bicyclic) bond motifs is 1. The number of rotatable bonds is 2. The second kappa shape index (κ2) is 5.14. The van der Waals surface area contributed by atoms with Crippen molar-refractivity contribution in [3.8, 4) is 6.07 Å². The van der Waals surface area contributed by atoms with Crippen molar-refractivity contribution < 1.29 is 0 Å². The first-order valence-electron chi connectivity index (χ1n) is 7.25. The summed E-state index contributed by atoms with van der Waals surface area (Å²) in [6.07, 6.45) is 1.19. The van der Waals surface area contributed by atoms with Gasteiger partial charge in [-0.05, 0) is 35.6 Å². The largest absolute Gasteiger partial charge is 0.353 e. The number of nitriles is 1. The predicted octanol–water partition coefficient (Wildman–Crippen LogP) is 2.26. The molecule has 0 radical (unpaired) electrons. The Morgan fingerprint density at radius 3 is 3.05 bits per heavy atom. The lowest BCUT2D eigenvalue weighted by atomic mass is 10.0. The molecule has 0 unspecified atom stereocenters. The van der Waals surface area contributed by atoms with E-state index >= 15 is 0 Å². The summed E-state index contributed by atoms with van der Waals surface area (Å²) in [5.74, 6) is 0.929.